The van der Waals surface area contributed by atoms with E-state index in [9.17, 15) is 9.59 Å². The summed E-state index contributed by atoms with van der Waals surface area (Å²) in [5.74, 6) is 7.64. The minimum Gasteiger partial charge on any atom is -0.372 e. The molecule has 0 aromatic carbocycles. The molecule has 0 aromatic rings. The van der Waals surface area contributed by atoms with Crippen molar-refractivity contribution in [2.75, 3.05) is 13.1 Å². The van der Waals surface area contributed by atoms with Gasteiger partial charge in [0, 0.05) is 0 Å². The van der Waals surface area contributed by atoms with Gasteiger partial charge in [0.2, 0.25) is 0 Å². The Morgan fingerprint density at radius 1 is 1.09 bits per heavy atom. The first kappa shape index (κ1) is 9.82. The first-order valence-corrected chi connectivity index (χ1v) is 2.70. The molecule has 5 N–H and O–H groups in total. The topological polar surface area (TPSA) is 117 Å². The van der Waals surface area contributed by atoms with Crippen molar-refractivity contribution in [2.24, 2.45) is 11.8 Å². The minimum atomic E-state index is -0.671. The molecule has 0 atom stereocenters. The van der Waals surface area contributed by atoms with Crippen molar-refractivity contribution in [2.45, 2.75) is 0 Å². The van der Waals surface area contributed by atoms with Gasteiger partial charge in [-0.3, -0.25) is 5.32 Å². The molecule has 0 aliphatic rings. The summed E-state index contributed by atoms with van der Waals surface area (Å²) >= 11 is 0. The van der Waals surface area contributed by atoms with Crippen LogP contribution in [0.4, 0.5) is 0 Å². The fraction of sp³-hybridized carbons (Fsp3) is 0.500. The van der Waals surface area contributed by atoms with Crippen LogP contribution in [0.2, 0.25) is 0 Å². The molecule has 11 heavy (non-hydrogen) atoms. The lowest BCUT2D eigenvalue weighted by molar-refractivity contribution is -0.144. The fourth-order valence-electron chi connectivity index (χ4n) is 0.350. The van der Waals surface area contributed by atoms with E-state index in [2.05, 4.69) is 26.8 Å². The third-order valence-electron chi connectivity index (χ3n) is 0.802. The molecule has 0 fully saturated rings. The first-order valence-electron chi connectivity index (χ1n) is 2.70. The fourth-order valence-corrected chi connectivity index (χ4v) is 0.350. The summed E-state index contributed by atoms with van der Waals surface area (Å²) in [6, 6.07) is 0. The van der Waals surface area contributed by atoms with Gasteiger partial charge in [-0.1, -0.05) is 0 Å². The molecule has 0 aliphatic carbocycles. The Kier molecular flexibility index (Phi) is 4.99. The van der Waals surface area contributed by atoms with Gasteiger partial charge in [0.1, 0.15) is 0 Å². The second-order valence-electron chi connectivity index (χ2n) is 1.58. The third kappa shape index (κ3) is 5.27. The highest BCUT2D eigenvalue weighted by Crippen LogP contribution is 1.68. The maximum Gasteiger partial charge on any atom is 0.338 e. The maximum atomic E-state index is 10.3. The van der Waals surface area contributed by atoms with Gasteiger partial charge < -0.3 is 9.68 Å². The molecular weight excluding hydrogens is 154 g/mol. The molecule has 0 saturated heterocycles. The zero-order chi connectivity index (χ0) is 8.69. The minimum absolute atomic E-state index is 0.161. The molecule has 0 heterocycles. The maximum absolute atomic E-state index is 10.3. The summed E-state index contributed by atoms with van der Waals surface area (Å²) in [5.41, 5.74) is 0. The summed E-state index contributed by atoms with van der Waals surface area (Å²) in [7, 11) is 0. The van der Waals surface area contributed by atoms with Crippen LogP contribution in [0.5, 0.6) is 0 Å². The van der Waals surface area contributed by atoms with E-state index in [0.717, 1.165) is 0 Å². The molecule has 0 saturated carbocycles. The molecule has 0 spiro atoms. The number of nitrogens with two attached hydrogens (primary N) is 2. The molecule has 0 unspecified atom stereocenters. The molecular formula is C4H9N3O4. The van der Waals surface area contributed by atoms with E-state index in [1.807, 2.05) is 0 Å². The van der Waals surface area contributed by atoms with Crippen molar-refractivity contribution in [1.29, 1.82) is 0 Å². The summed E-state index contributed by atoms with van der Waals surface area (Å²) in [5, 5.41) is 2.38. The first-order chi connectivity index (χ1) is 5.20. The van der Waals surface area contributed by atoms with E-state index < -0.39 is 11.9 Å². The Labute approximate surface area is 62.5 Å². The SMILES string of the molecule is NOC(=O)CNCC(=O)ON. The smallest absolute Gasteiger partial charge is 0.338 e. The van der Waals surface area contributed by atoms with Crippen LogP contribution in [0.15, 0.2) is 0 Å². The zero-order valence-electron chi connectivity index (χ0n) is 5.70. The van der Waals surface area contributed by atoms with Crippen LogP contribution in [0.1, 0.15) is 0 Å². The van der Waals surface area contributed by atoms with Gasteiger partial charge in [-0.25, -0.2) is 9.59 Å². The van der Waals surface area contributed by atoms with Gasteiger partial charge in [0.05, 0.1) is 13.1 Å². The van der Waals surface area contributed by atoms with Crippen LogP contribution >= 0.6 is 0 Å². The summed E-state index contributed by atoms with van der Waals surface area (Å²) in [6.07, 6.45) is 0. The molecule has 0 radical (unpaired) electrons. The molecule has 0 bridgehead atoms. The molecule has 7 nitrogen and oxygen atoms in total. The molecule has 64 valence electrons. The van der Waals surface area contributed by atoms with Gasteiger partial charge in [-0.05, 0) is 0 Å². The summed E-state index contributed by atoms with van der Waals surface area (Å²) in [4.78, 5) is 28.1. The Hall–Kier alpha value is -1.18. The van der Waals surface area contributed by atoms with Gasteiger partial charge in [0.15, 0.2) is 0 Å². The van der Waals surface area contributed by atoms with Crippen molar-refractivity contribution in [3.05, 3.63) is 0 Å². The zero-order valence-corrected chi connectivity index (χ0v) is 5.70. The number of carbonyl (C=O) groups excluding carboxylic acids is 2. The third-order valence-corrected chi connectivity index (χ3v) is 0.802. The molecule has 7 heteroatoms. The van der Waals surface area contributed by atoms with Crippen molar-refractivity contribution in [3.8, 4) is 0 Å². The van der Waals surface area contributed by atoms with Crippen LogP contribution in [0, 0.1) is 0 Å². The quantitative estimate of drug-likeness (QED) is 0.389. The Morgan fingerprint density at radius 2 is 1.45 bits per heavy atom. The molecule has 0 rings (SSSR count). The lowest BCUT2D eigenvalue weighted by atomic mass is 10.6. The van der Waals surface area contributed by atoms with Crippen LogP contribution in [0.3, 0.4) is 0 Å². The highest BCUT2D eigenvalue weighted by Gasteiger charge is 2.03. The number of rotatable bonds is 4. The van der Waals surface area contributed by atoms with E-state index in [0.29, 0.717) is 0 Å². The lowest BCUT2D eigenvalue weighted by Crippen LogP contribution is -2.32. The number of hydrogen-bond acceptors (Lipinski definition) is 7. The van der Waals surface area contributed by atoms with Crippen molar-refractivity contribution in [1.82, 2.24) is 5.32 Å². The second-order valence-corrected chi connectivity index (χ2v) is 1.58. The van der Waals surface area contributed by atoms with Crippen LogP contribution < -0.4 is 17.1 Å². The van der Waals surface area contributed by atoms with Crippen molar-refractivity contribution < 1.29 is 19.3 Å². The second kappa shape index (κ2) is 5.59. The molecule has 0 aliphatic heterocycles. The summed E-state index contributed by atoms with van der Waals surface area (Å²) in [6.45, 7) is -0.322. The van der Waals surface area contributed by atoms with Gasteiger partial charge in [0.25, 0.3) is 0 Å². The number of hydrogen-bond donors (Lipinski definition) is 3. The highest BCUT2D eigenvalue weighted by atomic mass is 16.7. The molecule has 0 amide bonds. The average Bonchev–Trinajstić information content (AvgIpc) is 2.04. The van der Waals surface area contributed by atoms with Gasteiger partial charge in [-0.15, -0.1) is 0 Å². The largest absolute Gasteiger partial charge is 0.372 e. The van der Waals surface area contributed by atoms with Crippen molar-refractivity contribution >= 4 is 11.9 Å². The number of carbonyl (C=O) groups is 2. The van der Waals surface area contributed by atoms with Gasteiger partial charge in [-0.2, -0.15) is 11.8 Å². The Balaban J connectivity index is 3.27. The average molecular weight is 163 g/mol. The Bertz CT molecular complexity index is 132. The predicted octanol–water partition coefficient (Wildman–Crippen LogP) is -2.59. The monoisotopic (exact) mass is 163 g/mol. The standard InChI is InChI=1S/C4H9N3O4/c5-10-3(8)1-7-2-4(9)11-6/h7H,1-2,5-6H2. The highest BCUT2D eigenvalue weighted by molar-refractivity contribution is 5.74. The van der Waals surface area contributed by atoms with E-state index in [-0.39, 0.29) is 13.1 Å². The Morgan fingerprint density at radius 3 is 1.73 bits per heavy atom. The lowest BCUT2D eigenvalue weighted by Gasteiger charge is -1.99. The van der Waals surface area contributed by atoms with E-state index in [1.165, 1.54) is 0 Å². The van der Waals surface area contributed by atoms with Crippen LogP contribution in [-0.4, -0.2) is 25.0 Å². The van der Waals surface area contributed by atoms with Gasteiger partial charge >= 0.3 is 11.9 Å². The van der Waals surface area contributed by atoms with E-state index >= 15 is 0 Å². The van der Waals surface area contributed by atoms with E-state index in [1.54, 1.807) is 0 Å². The molecule has 0 aromatic heterocycles. The van der Waals surface area contributed by atoms with Crippen LogP contribution in [0.25, 0.3) is 0 Å². The number of nitrogens with one attached hydrogen (secondary N) is 1. The van der Waals surface area contributed by atoms with Crippen LogP contribution in [-0.2, 0) is 19.3 Å². The summed E-state index contributed by atoms with van der Waals surface area (Å²) < 4.78 is 0. The normalized spacial score (nSPS) is 8.91. The predicted molar refractivity (Wildman–Crippen MR) is 33.4 cm³/mol. The van der Waals surface area contributed by atoms with E-state index in [4.69, 9.17) is 0 Å². The van der Waals surface area contributed by atoms with Crippen molar-refractivity contribution in [3.63, 3.8) is 0 Å².